The summed E-state index contributed by atoms with van der Waals surface area (Å²) >= 11 is 0. The second kappa shape index (κ2) is 4.96. The number of hydrogen-bond acceptors (Lipinski definition) is 2. The van der Waals surface area contributed by atoms with Gasteiger partial charge in [0.2, 0.25) is 0 Å². The molecule has 5 aliphatic rings. The van der Waals surface area contributed by atoms with Gasteiger partial charge in [-0.2, -0.15) is 0 Å². The lowest BCUT2D eigenvalue weighted by Crippen LogP contribution is -2.52. The van der Waals surface area contributed by atoms with Gasteiger partial charge in [0.25, 0.3) is 0 Å². The summed E-state index contributed by atoms with van der Waals surface area (Å²) in [6, 6.07) is 0. The van der Waals surface area contributed by atoms with Crippen molar-refractivity contribution in [2.45, 2.75) is 71.6 Å². The molecule has 2 unspecified atom stereocenters. The van der Waals surface area contributed by atoms with Gasteiger partial charge in [0.05, 0.1) is 0 Å². The van der Waals surface area contributed by atoms with E-state index in [9.17, 15) is 9.59 Å². The smallest absolute Gasteiger partial charge is 0.178 e. The predicted octanol–water partition coefficient (Wildman–Crippen LogP) is 5.03. The summed E-state index contributed by atoms with van der Waals surface area (Å²) in [5.41, 5.74) is 1.69. The van der Waals surface area contributed by atoms with Crippen molar-refractivity contribution >= 4 is 11.6 Å². The molecule has 0 N–H and O–H groups in total. The number of ketones is 2. The zero-order valence-corrected chi connectivity index (χ0v) is 15.6. The van der Waals surface area contributed by atoms with Gasteiger partial charge in [-0.15, -0.1) is 0 Å². The predicted molar refractivity (Wildman–Crippen MR) is 97.9 cm³/mol. The lowest BCUT2D eigenvalue weighted by molar-refractivity contribution is -0.137. The van der Waals surface area contributed by atoms with Crippen molar-refractivity contribution in [2.24, 2.45) is 34.0 Å². The van der Waals surface area contributed by atoms with Crippen LogP contribution in [0, 0.1) is 34.0 Å². The summed E-state index contributed by atoms with van der Waals surface area (Å²) in [7, 11) is 0. The number of rotatable bonds is 0. The third kappa shape index (κ3) is 1.82. The van der Waals surface area contributed by atoms with Crippen LogP contribution in [0.1, 0.15) is 71.6 Å². The van der Waals surface area contributed by atoms with Crippen molar-refractivity contribution in [1.29, 1.82) is 0 Å². The molecule has 5 rings (SSSR count). The Morgan fingerprint density at radius 2 is 1.76 bits per heavy atom. The van der Waals surface area contributed by atoms with Gasteiger partial charge in [-0.3, -0.25) is 9.59 Å². The molecule has 5 aliphatic carbocycles. The van der Waals surface area contributed by atoms with Crippen molar-refractivity contribution in [1.82, 2.24) is 0 Å². The van der Waals surface area contributed by atoms with Crippen molar-refractivity contribution in [2.75, 3.05) is 0 Å². The van der Waals surface area contributed by atoms with E-state index in [0.717, 1.165) is 38.0 Å². The second-order valence-electron chi connectivity index (χ2n) is 9.96. The average Bonchev–Trinajstić information content (AvgIpc) is 3.10. The van der Waals surface area contributed by atoms with Crippen molar-refractivity contribution in [3.8, 4) is 0 Å². The van der Waals surface area contributed by atoms with Crippen LogP contribution in [0.25, 0.3) is 0 Å². The molecule has 0 amide bonds. The molecular formula is C23H30O2. The number of carbonyl (C=O) groups is 2. The minimum atomic E-state index is 0.0119. The molecule has 0 aromatic carbocycles. The maximum Gasteiger partial charge on any atom is 0.178 e. The van der Waals surface area contributed by atoms with Crippen LogP contribution < -0.4 is 0 Å². The Kier molecular flexibility index (Phi) is 3.18. The molecule has 0 aromatic rings. The lowest BCUT2D eigenvalue weighted by atomic mass is 9.45. The van der Waals surface area contributed by atoms with E-state index >= 15 is 0 Å². The molecular weight excluding hydrogens is 308 g/mol. The van der Waals surface area contributed by atoms with Crippen LogP contribution in [-0.4, -0.2) is 11.6 Å². The van der Waals surface area contributed by atoms with Crippen molar-refractivity contribution < 1.29 is 9.59 Å². The Balaban J connectivity index is 1.52. The van der Waals surface area contributed by atoms with Crippen LogP contribution in [0.4, 0.5) is 0 Å². The fourth-order valence-electron chi connectivity index (χ4n) is 8.13. The quantitative estimate of drug-likeness (QED) is 0.620. The summed E-state index contributed by atoms with van der Waals surface area (Å²) in [5, 5.41) is 0. The number of Topliss-reactive ketones (excluding diaryl/α,β-unsaturated/α-hetero) is 1. The van der Waals surface area contributed by atoms with Gasteiger partial charge in [0.1, 0.15) is 5.78 Å². The highest BCUT2D eigenvalue weighted by Gasteiger charge is 2.66. The molecule has 0 saturated heterocycles. The van der Waals surface area contributed by atoms with E-state index in [-0.39, 0.29) is 22.0 Å². The third-order valence-electron chi connectivity index (χ3n) is 9.46. The van der Waals surface area contributed by atoms with Crippen molar-refractivity contribution in [3.63, 3.8) is 0 Å². The van der Waals surface area contributed by atoms with Gasteiger partial charge in [-0.05, 0) is 86.7 Å². The molecule has 4 fully saturated rings. The Bertz CT molecular complexity index is 716. The van der Waals surface area contributed by atoms with Gasteiger partial charge in [0.15, 0.2) is 5.78 Å². The van der Waals surface area contributed by atoms with E-state index in [1.165, 1.54) is 31.3 Å². The summed E-state index contributed by atoms with van der Waals surface area (Å²) in [4.78, 5) is 24.7. The highest BCUT2D eigenvalue weighted by molar-refractivity contribution is 6.01. The van der Waals surface area contributed by atoms with Crippen LogP contribution >= 0.6 is 0 Å². The summed E-state index contributed by atoms with van der Waals surface area (Å²) in [5.74, 6) is 2.84. The maximum atomic E-state index is 12.9. The molecule has 6 atom stereocenters. The first kappa shape index (κ1) is 16.0. The van der Waals surface area contributed by atoms with E-state index in [1.807, 2.05) is 6.08 Å². The van der Waals surface area contributed by atoms with Crippen LogP contribution in [0.15, 0.2) is 23.8 Å². The minimum absolute atomic E-state index is 0.0119. The molecule has 0 aliphatic heterocycles. The van der Waals surface area contributed by atoms with Crippen molar-refractivity contribution in [3.05, 3.63) is 23.8 Å². The zero-order valence-electron chi connectivity index (χ0n) is 15.6. The van der Waals surface area contributed by atoms with Gasteiger partial charge in [0, 0.05) is 17.3 Å². The Morgan fingerprint density at radius 1 is 0.960 bits per heavy atom. The first-order chi connectivity index (χ1) is 11.9. The van der Waals surface area contributed by atoms with E-state index in [2.05, 4.69) is 19.9 Å². The first-order valence-corrected chi connectivity index (χ1v) is 10.4. The first-order valence-electron chi connectivity index (χ1n) is 10.4. The maximum absolute atomic E-state index is 12.9. The fourth-order valence-corrected chi connectivity index (χ4v) is 8.13. The van der Waals surface area contributed by atoms with E-state index in [0.29, 0.717) is 17.6 Å². The molecule has 134 valence electrons. The highest BCUT2D eigenvalue weighted by Crippen LogP contribution is 2.71. The monoisotopic (exact) mass is 338 g/mol. The molecule has 0 aromatic heterocycles. The standard InChI is InChI=1S/C23H30O2/c1-21-11-7-16(24)14-15(21)5-6-17-18(21)8-12-22(2)19(17)9-13-23(22)10-3-4-20(23)25/h7,11,14,17-19H,3-6,8-10,12-13H2,1-2H3/t17?,18-,19?,21+,22+,23-/m0/s1. The molecule has 2 heteroatoms. The van der Waals surface area contributed by atoms with Gasteiger partial charge < -0.3 is 0 Å². The van der Waals surface area contributed by atoms with Crippen LogP contribution in [-0.2, 0) is 9.59 Å². The molecule has 4 saturated carbocycles. The van der Waals surface area contributed by atoms with E-state index in [1.54, 1.807) is 6.08 Å². The molecule has 1 spiro atoms. The van der Waals surface area contributed by atoms with Crippen LogP contribution in [0.5, 0.6) is 0 Å². The molecule has 25 heavy (non-hydrogen) atoms. The molecule has 0 heterocycles. The summed E-state index contributed by atoms with van der Waals surface area (Å²) in [6.45, 7) is 4.84. The SMILES string of the molecule is C[C@@]12C=CC(=O)C=C1CCC1C3CC[C@]4(CCCC4=O)[C@]3(C)CC[C@@H]12. The summed E-state index contributed by atoms with van der Waals surface area (Å²) < 4.78 is 0. The number of carbonyl (C=O) groups excluding carboxylic acids is 2. The Morgan fingerprint density at radius 3 is 2.52 bits per heavy atom. The number of hydrogen-bond donors (Lipinski definition) is 0. The second-order valence-corrected chi connectivity index (χ2v) is 9.96. The van der Waals surface area contributed by atoms with E-state index < -0.39 is 0 Å². The zero-order chi connectivity index (χ0) is 17.4. The van der Waals surface area contributed by atoms with Gasteiger partial charge in [-0.1, -0.05) is 25.5 Å². The largest absolute Gasteiger partial charge is 0.299 e. The number of allylic oxidation sites excluding steroid dienone is 4. The molecule has 0 radical (unpaired) electrons. The van der Waals surface area contributed by atoms with Gasteiger partial charge in [-0.25, -0.2) is 0 Å². The highest BCUT2D eigenvalue weighted by atomic mass is 16.1. The summed E-state index contributed by atoms with van der Waals surface area (Å²) in [6.07, 6.45) is 16.1. The third-order valence-corrected chi connectivity index (χ3v) is 9.46. The number of fused-ring (bicyclic) bond motifs is 6. The van der Waals surface area contributed by atoms with Gasteiger partial charge >= 0.3 is 0 Å². The van der Waals surface area contributed by atoms with Crippen LogP contribution in [0.2, 0.25) is 0 Å². The normalized spacial score (nSPS) is 51.3. The molecule has 0 bridgehead atoms. The van der Waals surface area contributed by atoms with E-state index in [4.69, 9.17) is 0 Å². The Hall–Kier alpha value is -1.18. The fraction of sp³-hybridized carbons (Fsp3) is 0.739. The van der Waals surface area contributed by atoms with Crippen LogP contribution in [0.3, 0.4) is 0 Å². The lowest BCUT2D eigenvalue weighted by Gasteiger charge is -2.58. The molecule has 2 nitrogen and oxygen atoms in total. The topological polar surface area (TPSA) is 34.1 Å². The Labute approximate surface area is 151 Å². The average molecular weight is 338 g/mol. The minimum Gasteiger partial charge on any atom is -0.299 e.